The normalized spacial score (nSPS) is 16.7. The van der Waals surface area contributed by atoms with E-state index >= 15 is 0 Å². The molecule has 1 aliphatic rings. The van der Waals surface area contributed by atoms with E-state index in [0.29, 0.717) is 18.7 Å². The topological polar surface area (TPSA) is 74.7 Å². The summed E-state index contributed by atoms with van der Waals surface area (Å²) in [5.41, 5.74) is 0.653. The second kappa shape index (κ2) is 4.91. The van der Waals surface area contributed by atoms with Gasteiger partial charge in [0, 0.05) is 19.2 Å². The van der Waals surface area contributed by atoms with Crippen LogP contribution in [0.5, 0.6) is 0 Å². The summed E-state index contributed by atoms with van der Waals surface area (Å²) in [6.45, 7) is 1.14. The van der Waals surface area contributed by atoms with Crippen molar-refractivity contribution in [2.45, 2.75) is 11.3 Å². The van der Waals surface area contributed by atoms with E-state index in [0.717, 1.165) is 12.5 Å². The fourth-order valence-corrected chi connectivity index (χ4v) is 3.11. The van der Waals surface area contributed by atoms with Crippen LogP contribution >= 0.6 is 0 Å². The number of aliphatic carboxylic acids is 1. The monoisotopic (exact) mass is 267 g/mol. The van der Waals surface area contributed by atoms with E-state index in [9.17, 15) is 13.2 Å². The van der Waals surface area contributed by atoms with Gasteiger partial charge in [0.05, 0.1) is 4.90 Å². The van der Waals surface area contributed by atoms with Crippen LogP contribution in [0.25, 0.3) is 6.08 Å². The molecule has 0 amide bonds. The summed E-state index contributed by atoms with van der Waals surface area (Å²) in [5.74, 6) is -1.03. The number of nitrogens with zero attached hydrogens (tertiary/aromatic N) is 1. The second-order valence-electron chi connectivity index (χ2n) is 4.00. The summed E-state index contributed by atoms with van der Waals surface area (Å²) in [7, 11) is -3.36. The highest BCUT2D eigenvalue weighted by Gasteiger charge is 2.28. The number of carboxylic acid groups (broad SMARTS) is 1. The molecule has 0 spiro atoms. The van der Waals surface area contributed by atoms with Gasteiger partial charge in [0.1, 0.15) is 0 Å². The fourth-order valence-electron chi connectivity index (χ4n) is 1.60. The third kappa shape index (κ3) is 2.60. The highest BCUT2D eigenvalue weighted by atomic mass is 32.2. The minimum atomic E-state index is -3.36. The van der Waals surface area contributed by atoms with Gasteiger partial charge in [-0.15, -0.1) is 0 Å². The van der Waals surface area contributed by atoms with Gasteiger partial charge in [-0.05, 0) is 30.2 Å². The lowest BCUT2D eigenvalue weighted by atomic mass is 10.2. The minimum absolute atomic E-state index is 0.245. The molecule has 1 aliphatic heterocycles. The van der Waals surface area contributed by atoms with Crippen molar-refractivity contribution < 1.29 is 18.3 Å². The molecule has 1 N–H and O–H groups in total. The number of rotatable bonds is 4. The summed E-state index contributed by atoms with van der Waals surface area (Å²) < 4.78 is 25.4. The Balaban J connectivity index is 2.19. The standard InChI is InChI=1S/C12H13NO4S/c14-12(15)7-4-10-2-5-11(6-3-10)18(16,17)13-8-1-9-13/h2-7H,1,8-9H2,(H,14,15). The second-order valence-corrected chi connectivity index (χ2v) is 5.94. The first kappa shape index (κ1) is 12.8. The van der Waals surface area contributed by atoms with Crippen LogP contribution in [0.2, 0.25) is 0 Å². The summed E-state index contributed by atoms with van der Waals surface area (Å²) in [4.78, 5) is 10.6. The van der Waals surface area contributed by atoms with Gasteiger partial charge >= 0.3 is 5.97 Å². The molecule has 0 aliphatic carbocycles. The first-order valence-corrected chi connectivity index (χ1v) is 6.95. The lowest BCUT2D eigenvalue weighted by Crippen LogP contribution is -2.41. The van der Waals surface area contributed by atoms with Gasteiger partial charge < -0.3 is 5.11 Å². The summed E-state index contributed by atoms with van der Waals surface area (Å²) >= 11 is 0. The van der Waals surface area contributed by atoms with Crippen molar-refractivity contribution in [2.75, 3.05) is 13.1 Å². The largest absolute Gasteiger partial charge is 0.478 e. The van der Waals surface area contributed by atoms with Crippen molar-refractivity contribution >= 4 is 22.1 Å². The molecule has 0 bridgehead atoms. The van der Waals surface area contributed by atoms with E-state index in [-0.39, 0.29) is 4.90 Å². The van der Waals surface area contributed by atoms with Crippen LogP contribution in [0.3, 0.4) is 0 Å². The van der Waals surface area contributed by atoms with Gasteiger partial charge in [-0.2, -0.15) is 4.31 Å². The molecule has 96 valence electrons. The number of carboxylic acids is 1. The average molecular weight is 267 g/mol. The molecular formula is C12H13NO4S. The summed E-state index contributed by atoms with van der Waals surface area (Å²) in [6, 6.07) is 6.17. The predicted molar refractivity (Wildman–Crippen MR) is 66.5 cm³/mol. The maximum Gasteiger partial charge on any atom is 0.328 e. The van der Waals surface area contributed by atoms with Crippen LogP contribution in [0, 0.1) is 0 Å². The highest BCUT2D eigenvalue weighted by molar-refractivity contribution is 7.89. The zero-order valence-electron chi connectivity index (χ0n) is 9.61. The fraction of sp³-hybridized carbons (Fsp3) is 0.250. The Bertz CT molecular complexity index is 571. The quantitative estimate of drug-likeness (QED) is 0.831. The van der Waals surface area contributed by atoms with Gasteiger partial charge in [0.15, 0.2) is 0 Å². The highest BCUT2D eigenvalue weighted by Crippen LogP contribution is 2.21. The molecule has 0 aromatic heterocycles. The van der Waals surface area contributed by atoms with Crippen molar-refractivity contribution in [1.29, 1.82) is 0 Å². The van der Waals surface area contributed by atoms with Gasteiger partial charge in [-0.1, -0.05) is 12.1 Å². The smallest absolute Gasteiger partial charge is 0.328 e. The number of sulfonamides is 1. The van der Waals surface area contributed by atoms with Crippen molar-refractivity contribution in [2.24, 2.45) is 0 Å². The maximum absolute atomic E-state index is 12.0. The summed E-state index contributed by atoms with van der Waals surface area (Å²) in [5, 5.41) is 8.48. The molecule has 5 nitrogen and oxygen atoms in total. The molecule has 6 heteroatoms. The zero-order valence-corrected chi connectivity index (χ0v) is 10.4. The Labute approximate surface area is 105 Å². The SMILES string of the molecule is O=C(O)C=Cc1ccc(S(=O)(=O)N2CCC2)cc1. The van der Waals surface area contributed by atoms with E-state index < -0.39 is 16.0 Å². The number of carbonyl (C=O) groups is 1. The Morgan fingerprint density at radius 3 is 2.28 bits per heavy atom. The van der Waals surface area contributed by atoms with Gasteiger partial charge in [0.2, 0.25) is 10.0 Å². The molecule has 0 atom stereocenters. The van der Waals surface area contributed by atoms with E-state index in [1.165, 1.54) is 22.5 Å². The van der Waals surface area contributed by atoms with Crippen molar-refractivity contribution in [3.8, 4) is 0 Å². The van der Waals surface area contributed by atoms with Crippen LogP contribution in [-0.2, 0) is 14.8 Å². The Kier molecular flexibility index (Phi) is 3.49. The molecule has 1 saturated heterocycles. The molecule has 1 heterocycles. The van der Waals surface area contributed by atoms with E-state index in [4.69, 9.17) is 5.11 Å². The van der Waals surface area contributed by atoms with Crippen LogP contribution in [-0.4, -0.2) is 36.9 Å². The Hall–Kier alpha value is -1.66. The Morgan fingerprint density at radius 1 is 1.22 bits per heavy atom. The van der Waals surface area contributed by atoms with Crippen molar-refractivity contribution in [3.05, 3.63) is 35.9 Å². The Morgan fingerprint density at radius 2 is 1.83 bits per heavy atom. The van der Waals surface area contributed by atoms with Crippen LogP contribution in [0.4, 0.5) is 0 Å². The first-order valence-electron chi connectivity index (χ1n) is 5.51. The van der Waals surface area contributed by atoms with Crippen LogP contribution < -0.4 is 0 Å². The molecule has 1 aromatic carbocycles. The van der Waals surface area contributed by atoms with Crippen molar-refractivity contribution in [3.63, 3.8) is 0 Å². The molecule has 1 aromatic rings. The average Bonchev–Trinajstić information content (AvgIpc) is 2.24. The molecule has 18 heavy (non-hydrogen) atoms. The maximum atomic E-state index is 12.0. The first-order chi connectivity index (χ1) is 8.50. The number of benzene rings is 1. The van der Waals surface area contributed by atoms with Crippen molar-refractivity contribution in [1.82, 2.24) is 4.31 Å². The van der Waals surface area contributed by atoms with Gasteiger partial charge in [0.25, 0.3) is 0 Å². The number of hydrogen-bond acceptors (Lipinski definition) is 3. The molecular weight excluding hydrogens is 254 g/mol. The predicted octanol–water partition coefficient (Wildman–Crippen LogP) is 1.18. The van der Waals surface area contributed by atoms with Gasteiger partial charge in [-0.25, -0.2) is 13.2 Å². The summed E-state index contributed by atoms with van der Waals surface area (Å²) in [6.07, 6.45) is 3.33. The minimum Gasteiger partial charge on any atom is -0.478 e. The van der Waals surface area contributed by atoms with Gasteiger partial charge in [-0.3, -0.25) is 0 Å². The van der Waals surface area contributed by atoms with Crippen LogP contribution in [0.1, 0.15) is 12.0 Å². The number of hydrogen-bond donors (Lipinski definition) is 1. The lowest BCUT2D eigenvalue weighted by molar-refractivity contribution is -0.131. The third-order valence-corrected chi connectivity index (χ3v) is 4.66. The molecule has 1 fully saturated rings. The lowest BCUT2D eigenvalue weighted by Gasteiger charge is -2.29. The van der Waals surface area contributed by atoms with E-state index in [1.54, 1.807) is 12.1 Å². The zero-order chi connectivity index (χ0) is 13.2. The van der Waals surface area contributed by atoms with Crippen LogP contribution in [0.15, 0.2) is 35.2 Å². The molecule has 0 saturated carbocycles. The third-order valence-electron chi connectivity index (χ3n) is 2.75. The molecule has 0 unspecified atom stereocenters. The molecule has 0 radical (unpaired) electrons. The van der Waals surface area contributed by atoms with E-state index in [2.05, 4.69) is 0 Å². The molecule has 2 rings (SSSR count). The van der Waals surface area contributed by atoms with E-state index in [1.807, 2.05) is 0 Å².